The number of methoxy groups -OCH3 is 2. The van der Waals surface area contributed by atoms with E-state index in [1.54, 1.807) is 12.1 Å². The highest BCUT2D eigenvalue weighted by molar-refractivity contribution is 7.16. The first-order valence-corrected chi connectivity index (χ1v) is 9.48. The van der Waals surface area contributed by atoms with Gasteiger partial charge in [0.1, 0.15) is 5.82 Å². The van der Waals surface area contributed by atoms with Gasteiger partial charge in [-0.15, -0.1) is 0 Å². The number of benzene rings is 2. The zero-order valence-electron chi connectivity index (χ0n) is 15.4. The Kier molecular flexibility index (Phi) is 4.79. The predicted octanol–water partition coefficient (Wildman–Crippen LogP) is 4.08. The zero-order valence-corrected chi connectivity index (χ0v) is 16.2. The minimum absolute atomic E-state index is 0.0648. The molecule has 0 radical (unpaired) electrons. The number of anilines is 3. The molecule has 0 saturated heterocycles. The molecule has 0 unspecified atom stereocenters. The van der Waals surface area contributed by atoms with E-state index in [4.69, 9.17) is 9.47 Å². The van der Waals surface area contributed by atoms with Gasteiger partial charge >= 0.3 is 0 Å². The number of phenolic OH excluding ortho intramolecular Hbond substituents is 1. The molecule has 2 heterocycles. The van der Waals surface area contributed by atoms with Crippen LogP contribution in [0.3, 0.4) is 0 Å². The van der Waals surface area contributed by atoms with Crippen molar-refractivity contribution in [3.8, 4) is 17.2 Å². The van der Waals surface area contributed by atoms with Crippen molar-refractivity contribution < 1.29 is 19.4 Å². The molecular formula is C20H19N3O4S. The number of ether oxygens (including phenoxy) is 2. The molecule has 0 spiro atoms. The van der Waals surface area contributed by atoms with E-state index in [2.05, 4.69) is 15.6 Å². The molecule has 0 bridgehead atoms. The number of amides is 1. The van der Waals surface area contributed by atoms with Gasteiger partial charge in [-0.1, -0.05) is 29.5 Å². The highest BCUT2D eigenvalue weighted by Crippen LogP contribution is 2.46. The summed E-state index contributed by atoms with van der Waals surface area (Å²) in [4.78, 5) is 17.8. The van der Waals surface area contributed by atoms with Crippen LogP contribution in [-0.2, 0) is 4.79 Å². The van der Waals surface area contributed by atoms with Crippen molar-refractivity contribution in [3.63, 3.8) is 0 Å². The van der Waals surface area contributed by atoms with Gasteiger partial charge in [-0.3, -0.25) is 4.79 Å². The number of para-hydroxylation sites is 1. The maximum absolute atomic E-state index is 12.3. The maximum atomic E-state index is 12.3. The highest BCUT2D eigenvalue weighted by Gasteiger charge is 2.31. The van der Waals surface area contributed by atoms with Crippen molar-refractivity contribution >= 4 is 33.9 Å². The number of carbonyl (C=O) groups excluding carboxylic acids is 1. The molecular weight excluding hydrogens is 378 g/mol. The van der Waals surface area contributed by atoms with Gasteiger partial charge in [0, 0.05) is 18.0 Å². The van der Waals surface area contributed by atoms with Crippen LogP contribution in [0.25, 0.3) is 0 Å². The van der Waals surface area contributed by atoms with Crippen molar-refractivity contribution in [3.05, 3.63) is 52.9 Å². The molecule has 1 aliphatic rings. The van der Waals surface area contributed by atoms with E-state index >= 15 is 0 Å². The lowest BCUT2D eigenvalue weighted by molar-refractivity contribution is -0.116. The monoisotopic (exact) mass is 397 g/mol. The lowest BCUT2D eigenvalue weighted by Gasteiger charge is -2.22. The summed E-state index contributed by atoms with van der Waals surface area (Å²) in [5.74, 6) is 0.764. The van der Waals surface area contributed by atoms with Crippen LogP contribution in [0, 0.1) is 0 Å². The minimum atomic E-state index is -0.212. The molecule has 8 heteroatoms. The third-order valence-electron chi connectivity index (χ3n) is 4.55. The molecule has 0 saturated carbocycles. The standard InChI is InChI=1S/C20H19N3O4S/c1-26-14-8-11(9-15(27-2)17(14)25)13-10-16(24)22-19-18(13)28-20(23-19)21-12-6-4-3-5-7-12/h3-9,13,25H,10H2,1-2H3,(H,21,23)(H,22,24)/t13-/m1/s1. The van der Waals surface area contributed by atoms with Gasteiger partial charge in [-0.2, -0.15) is 0 Å². The Hall–Kier alpha value is -3.26. The van der Waals surface area contributed by atoms with Crippen molar-refractivity contribution in [1.29, 1.82) is 0 Å². The third kappa shape index (κ3) is 3.34. The summed E-state index contributed by atoms with van der Waals surface area (Å²) < 4.78 is 10.5. The number of nitrogens with one attached hydrogen (secondary N) is 2. The van der Waals surface area contributed by atoms with Crippen LogP contribution in [0.15, 0.2) is 42.5 Å². The van der Waals surface area contributed by atoms with Crippen LogP contribution < -0.4 is 20.1 Å². The Morgan fingerprint density at radius 1 is 1.18 bits per heavy atom. The van der Waals surface area contributed by atoms with Crippen LogP contribution >= 0.6 is 11.3 Å². The fourth-order valence-electron chi connectivity index (χ4n) is 3.20. The normalized spacial score (nSPS) is 15.5. The van der Waals surface area contributed by atoms with E-state index in [1.165, 1.54) is 25.6 Å². The Bertz CT molecular complexity index is 995. The van der Waals surface area contributed by atoms with E-state index in [0.717, 1.165) is 16.1 Å². The van der Waals surface area contributed by atoms with Crippen molar-refractivity contribution in [2.75, 3.05) is 24.9 Å². The van der Waals surface area contributed by atoms with Crippen molar-refractivity contribution in [2.24, 2.45) is 0 Å². The van der Waals surface area contributed by atoms with E-state index < -0.39 is 0 Å². The van der Waals surface area contributed by atoms with Crippen LogP contribution in [0.5, 0.6) is 17.2 Å². The number of aromatic nitrogens is 1. The fourth-order valence-corrected chi connectivity index (χ4v) is 4.27. The average molecular weight is 397 g/mol. The van der Waals surface area contributed by atoms with Gasteiger partial charge in [0.25, 0.3) is 0 Å². The summed E-state index contributed by atoms with van der Waals surface area (Å²) in [6.07, 6.45) is 0.275. The number of carbonyl (C=O) groups is 1. The molecule has 1 amide bonds. The van der Waals surface area contributed by atoms with Crippen LogP contribution in [0.1, 0.15) is 22.8 Å². The lowest BCUT2D eigenvalue weighted by atomic mass is 9.91. The number of hydrogen-bond donors (Lipinski definition) is 3. The third-order valence-corrected chi connectivity index (χ3v) is 5.63. The highest BCUT2D eigenvalue weighted by atomic mass is 32.1. The second-order valence-electron chi connectivity index (χ2n) is 6.30. The van der Waals surface area contributed by atoms with Crippen molar-refractivity contribution in [2.45, 2.75) is 12.3 Å². The topological polar surface area (TPSA) is 92.7 Å². The van der Waals surface area contributed by atoms with Crippen LogP contribution in [0.4, 0.5) is 16.6 Å². The zero-order chi connectivity index (χ0) is 19.7. The average Bonchev–Trinajstić information content (AvgIpc) is 3.10. The minimum Gasteiger partial charge on any atom is -0.502 e. The number of hydrogen-bond acceptors (Lipinski definition) is 7. The molecule has 144 valence electrons. The van der Waals surface area contributed by atoms with E-state index in [9.17, 15) is 9.90 Å². The van der Waals surface area contributed by atoms with Gasteiger partial charge in [0.2, 0.25) is 11.7 Å². The van der Waals surface area contributed by atoms with Gasteiger partial charge in [0.15, 0.2) is 16.6 Å². The second kappa shape index (κ2) is 7.40. The number of aromatic hydroxyl groups is 1. The first-order valence-electron chi connectivity index (χ1n) is 8.66. The number of fused-ring (bicyclic) bond motifs is 1. The molecule has 2 aromatic carbocycles. The van der Waals surface area contributed by atoms with Gasteiger partial charge in [-0.25, -0.2) is 4.98 Å². The lowest BCUT2D eigenvalue weighted by Crippen LogP contribution is -2.22. The van der Waals surface area contributed by atoms with Crippen molar-refractivity contribution in [1.82, 2.24) is 4.98 Å². The number of phenols is 1. The second-order valence-corrected chi connectivity index (χ2v) is 7.33. The summed E-state index contributed by atoms with van der Waals surface area (Å²) in [7, 11) is 2.96. The first-order chi connectivity index (χ1) is 13.6. The van der Waals surface area contributed by atoms with E-state index in [1.807, 2.05) is 30.3 Å². The molecule has 7 nitrogen and oxygen atoms in total. The Labute approximate surface area is 166 Å². The summed E-state index contributed by atoms with van der Waals surface area (Å²) in [6, 6.07) is 13.2. The largest absolute Gasteiger partial charge is 0.502 e. The predicted molar refractivity (Wildman–Crippen MR) is 108 cm³/mol. The maximum Gasteiger partial charge on any atom is 0.226 e. The van der Waals surface area contributed by atoms with Gasteiger partial charge in [-0.05, 0) is 29.8 Å². The molecule has 3 aromatic rings. The van der Waals surface area contributed by atoms with E-state index in [0.29, 0.717) is 22.4 Å². The molecule has 0 aliphatic carbocycles. The Morgan fingerprint density at radius 2 is 1.86 bits per heavy atom. The quantitative estimate of drug-likeness (QED) is 0.601. The van der Waals surface area contributed by atoms with Gasteiger partial charge in [0.05, 0.1) is 19.1 Å². The summed E-state index contributed by atoms with van der Waals surface area (Å²) in [5.41, 5.74) is 1.74. The smallest absolute Gasteiger partial charge is 0.226 e. The molecule has 0 fully saturated rings. The molecule has 1 atom stereocenters. The summed E-state index contributed by atoms with van der Waals surface area (Å²) in [5, 5.41) is 17.0. The number of nitrogens with zero attached hydrogens (tertiary/aromatic N) is 1. The SMILES string of the molecule is COc1cc([C@H]2CC(=O)Nc3nc(Nc4ccccc4)sc32)cc(OC)c1O. The molecule has 28 heavy (non-hydrogen) atoms. The Morgan fingerprint density at radius 3 is 2.50 bits per heavy atom. The molecule has 1 aliphatic heterocycles. The summed E-state index contributed by atoms with van der Waals surface area (Å²) in [6.45, 7) is 0. The van der Waals surface area contributed by atoms with Crippen LogP contribution in [0.2, 0.25) is 0 Å². The van der Waals surface area contributed by atoms with Gasteiger partial charge < -0.3 is 25.2 Å². The summed E-state index contributed by atoms with van der Waals surface area (Å²) >= 11 is 1.49. The molecule has 4 rings (SSSR count). The van der Waals surface area contributed by atoms with Crippen LogP contribution in [-0.4, -0.2) is 30.2 Å². The number of rotatable bonds is 5. The molecule has 1 aromatic heterocycles. The van der Waals surface area contributed by atoms with E-state index in [-0.39, 0.29) is 24.0 Å². The number of thiazole rings is 1. The molecule has 3 N–H and O–H groups in total. The first kappa shape index (κ1) is 18.1. The fraction of sp³-hybridized carbons (Fsp3) is 0.200. The Balaban J connectivity index is 1.74.